The van der Waals surface area contributed by atoms with Crippen molar-refractivity contribution < 1.29 is 9.13 Å². The van der Waals surface area contributed by atoms with Gasteiger partial charge in [0.25, 0.3) is 0 Å². The fourth-order valence-electron chi connectivity index (χ4n) is 5.15. The fourth-order valence-corrected chi connectivity index (χ4v) is 5.15. The van der Waals surface area contributed by atoms with Crippen molar-refractivity contribution in [3.63, 3.8) is 0 Å². The summed E-state index contributed by atoms with van der Waals surface area (Å²) in [5.41, 5.74) is 8.52. The quantitative estimate of drug-likeness (QED) is 0.388. The topological polar surface area (TPSA) is 50.3 Å². The summed E-state index contributed by atoms with van der Waals surface area (Å²) < 4.78 is 21.8. The molecule has 0 aliphatic carbocycles. The minimum atomic E-state index is -0.247. The van der Waals surface area contributed by atoms with E-state index in [4.69, 9.17) is 4.74 Å². The Balaban J connectivity index is 1.71. The van der Waals surface area contributed by atoms with Gasteiger partial charge in [-0.05, 0) is 78.1 Å². The van der Waals surface area contributed by atoms with Crippen LogP contribution >= 0.6 is 0 Å². The van der Waals surface area contributed by atoms with E-state index < -0.39 is 0 Å². The number of ether oxygens (including phenoxy) is 1. The normalized spacial score (nSPS) is 15.6. The van der Waals surface area contributed by atoms with Crippen LogP contribution in [0.2, 0.25) is 0 Å². The van der Waals surface area contributed by atoms with Gasteiger partial charge in [-0.1, -0.05) is 12.1 Å². The minimum Gasteiger partial charge on any atom is -0.381 e. The molecule has 0 N–H and O–H groups in total. The Kier molecular flexibility index (Phi) is 4.82. The SMILES string of the molecule is N#Cc1ccc(-c2c(C3CCOCC3)n(-c3ccc(F)cc3)c3cc4c(cc23)CN=C4)cc1. The zero-order valence-electron chi connectivity index (χ0n) is 18.1. The highest BCUT2D eigenvalue weighted by Gasteiger charge is 2.28. The fraction of sp³-hybridized carbons (Fsp3) is 0.214. The van der Waals surface area contributed by atoms with Crippen LogP contribution < -0.4 is 0 Å². The number of hydrogen-bond donors (Lipinski definition) is 0. The Bertz CT molecular complexity index is 1420. The lowest BCUT2D eigenvalue weighted by atomic mass is 9.89. The molecule has 2 aliphatic heterocycles. The Labute approximate surface area is 191 Å². The summed E-state index contributed by atoms with van der Waals surface area (Å²) in [6, 6.07) is 21.2. The lowest BCUT2D eigenvalue weighted by Gasteiger charge is -2.26. The van der Waals surface area contributed by atoms with Crippen LogP contribution in [-0.2, 0) is 11.3 Å². The van der Waals surface area contributed by atoms with E-state index in [1.807, 2.05) is 42.6 Å². The molecule has 5 heteroatoms. The molecule has 0 unspecified atom stereocenters. The zero-order chi connectivity index (χ0) is 22.4. The van der Waals surface area contributed by atoms with Crippen molar-refractivity contribution >= 4 is 17.1 Å². The largest absolute Gasteiger partial charge is 0.381 e. The van der Waals surface area contributed by atoms with Crippen molar-refractivity contribution in [1.82, 2.24) is 4.57 Å². The predicted molar refractivity (Wildman–Crippen MR) is 127 cm³/mol. The second-order valence-electron chi connectivity index (χ2n) is 8.69. The first-order valence-corrected chi connectivity index (χ1v) is 11.3. The lowest BCUT2D eigenvalue weighted by molar-refractivity contribution is 0.0844. The highest BCUT2D eigenvalue weighted by Crippen LogP contribution is 2.44. The molecule has 0 saturated carbocycles. The van der Waals surface area contributed by atoms with Gasteiger partial charge < -0.3 is 9.30 Å². The van der Waals surface area contributed by atoms with Crippen molar-refractivity contribution in [2.45, 2.75) is 25.3 Å². The van der Waals surface area contributed by atoms with Crippen LogP contribution in [0.5, 0.6) is 0 Å². The van der Waals surface area contributed by atoms with Crippen molar-refractivity contribution in [3.8, 4) is 22.9 Å². The molecular formula is C28H22FN3O. The van der Waals surface area contributed by atoms with E-state index in [1.54, 1.807) is 0 Å². The average Bonchev–Trinajstić information content (AvgIpc) is 3.45. The van der Waals surface area contributed by atoms with E-state index in [0.29, 0.717) is 18.0 Å². The molecule has 0 spiro atoms. The molecule has 0 radical (unpaired) electrons. The van der Waals surface area contributed by atoms with Crippen LogP contribution in [0.25, 0.3) is 27.7 Å². The first-order valence-electron chi connectivity index (χ1n) is 11.3. The summed E-state index contributed by atoms with van der Waals surface area (Å²) in [4.78, 5) is 4.47. The molecule has 4 nitrogen and oxygen atoms in total. The Morgan fingerprint density at radius 1 is 1.00 bits per heavy atom. The lowest BCUT2D eigenvalue weighted by Crippen LogP contribution is -2.17. The number of aromatic nitrogens is 1. The molecule has 2 aliphatic rings. The standard InChI is InChI=1S/C28H22FN3O/c29-23-5-7-24(8-6-23)32-26-14-22-17-31-16-21(22)13-25(26)27(19-3-1-18(15-30)2-4-19)28(32)20-9-11-33-12-10-20/h1-8,13-14,17,20H,9-12,16H2. The average molecular weight is 436 g/mol. The number of aliphatic imine (C=N–C) groups is 1. The van der Waals surface area contributed by atoms with Gasteiger partial charge in [-0.2, -0.15) is 5.26 Å². The molecule has 3 heterocycles. The molecule has 1 fully saturated rings. The Morgan fingerprint density at radius 2 is 1.76 bits per heavy atom. The number of benzene rings is 3. The maximum absolute atomic E-state index is 13.8. The van der Waals surface area contributed by atoms with Gasteiger partial charge in [0.2, 0.25) is 0 Å². The van der Waals surface area contributed by atoms with Gasteiger partial charge in [-0.25, -0.2) is 4.39 Å². The number of nitrogens with zero attached hydrogens (tertiary/aromatic N) is 3. The van der Waals surface area contributed by atoms with E-state index in [9.17, 15) is 9.65 Å². The third-order valence-electron chi connectivity index (χ3n) is 6.75. The molecular weight excluding hydrogens is 413 g/mol. The molecule has 6 rings (SSSR count). The summed E-state index contributed by atoms with van der Waals surface area (Å²) in [6.45, 7) is 2.14. The minimum absolute atomic E-state index is 0.247. The van der Waals surface area contributed by atoms with Gasteiger partial charge >= 0.3 is 0 Å². The van der Waals surface area contributed by atoms with Gasteiger partial charge in [0.1, 0.15) is 5.82 Å². The van der Waals surface area contributed by atoms with Crippen LogP contribution in [0, 0.1) is 17.1 Å². The summed E-state index contributed by atoms with van der Waals surface area (Å²) >= 11 is 0. The number of halogens is 1. The van der Waals surface area contributed by atoms with Crippen LogP contribution in [0.1, 0.15) is 41.1 Å². The van der Waals surface area contributed by atoms with Gasteiger partial charge in [0.05, 0.1) is 23.7 Å². The first-order chi connectivity index (χ1) is 16.2. The molecule has 4 aromatic rings. The van der Waals surface area contributed by atoms with Crippen molar-refractivity contribution in [3.05, 3.63) is 88.9 Å². The Hall–Kier alpha value is -3.75. The molecule has 1 saturated heterocycles. The van der Waals surface area contributed by atoms with Crippen LogP contribution in [0.4, 0.5) is 4.39 Å². The van der Waals surface area contributed by atoms with Crippen LogP contribution in [0.3, 0.4) is 0 Å². The number of fused-ring (bicyclic) bond motifs is 2. The highest BCUT2D eigenvalue weighted by atomic mass is 19.1. The third-order valence-corrected chi connectivity index (χ3v) is 6.75. The van der Waals surface area contributed by atoms with E-state index in [0.717, 1.165) is 53.8 Å². The molecule has 0 bridgehead atoms. The molecule has 0 amide bonds. The van der Waals surface area contributed by atoms with Crippen molar-refractivity contribution in [1.29, 1.82) is 5.26 Å². The monoisotopic (exact) mass is 435 g/mol. The van der Waals surface area contributed by atoms with Gasteiger partial charge in [-0.3, -0.25) is 4.99 Å². The highest BCUT2D eigenvalue weighted by molar-refractivity contribution is 6.03. The van der Waals surface area contributed by atoms with E-state index >= 15 is 0 Å². The molecule has 3 aromatic carbocycles. The predicted octanol–water partition coefficient (Wildman–Crippen LogP) is 6.13. The van der Waals surface area contributed by atoms with Gasteiger partial charge in [-0.15, -0.1) is 0 Å². The van der Waals surface area contributed by atoms with E-state index in [-0.39, 0.29) is 5.82 Å². The summed E-state index contributed by atoms with van der Waals surface area (Å²) in [5, 5.41) is 10.5. The van der Waals surface area contributed by atoms with Crippen LogP contribution in [-0.4, -0.2) is 24.0 Å². The first kappa shape index (κ1) is 19.9. The number of nitriles is 1. The molecule has 33 heavy (non-hydrogen) atoms. The van der Waals surface area contributed by atoms with Gasteiger partial charge in [0, 0.05) is 47.7 Å². The summed E-state index contributed by atoms with van der Waals surface area (Å²) in [5.74, 6) is 0.0634. The number of hydrogen-bond acceptors (Lipinski definition) is 3. The second kappa shape index (κ2) is 7.99. The van der Waals surface area contributed by atoms with E-state index in [1.165, 1.54) is 29.0 Å². The summed E-state index contributed by atoms with van der Waals surface area (Å²) in [7, 11) is 0. The van der Waals surface area contributed by atoms with Crippen LogP contribution in [0.15, 0.2) is 65.7 Å². The maximum atomic E-state index is 13.8. The molecule has 162 valence electrons. The smallest absolute Gasteiger partial charge is 0.123 e. The number of rotatable bonds is 3. The Morgan fingerprint density at radius 3 is 2.48 bits per heavy atom. The molecule has 0 atom stereocenters. The van der Waals surface area contributed by atoms with Crippen molar-refractivity contribution in [2.24, 2.45) is 4.99 Å². The van der Waals surface area contributed by atoms with Crippen molar-refractivity contribution in [2.75, 3.05) is 13.2 Å². The van der Waals surface area contributed by atoms with Gasteiger partial charge in [0.15, 0.2) is 0 Å². The third kappa shape index (κ3) is 3.35. The second-order valence-corrected chi connectivity index (χ2v) is 8.69. The molecule has 1 aromatic heterocycles. The summed E-state index contributed by atoms with van der Waals surface area (Å²) in [6.07, 6.45) is 3.80. The zero-order valence-corrected chi connectivity index (χ0v) is 18.1. The van der Waals surface area contributed by atoms with E-state index in [2.05, 4.69) is 27.8 Å². The maximum Gasteiger partial charge on any atom is 0.123 e.